The number of ether oxygens (including phenoxy) is 2. The summed E-state index contributed by atoms with van der Waals surface area (Å²) in [7, 11) is 1.58. The van der Waals surface area contributed by atoms with Crippen LogP contribution in [0.4, 0.5) is 5.88 Å². The molecule has 0 radical (unpaired) electrons. The maximum Gasteiger partial charge on any atom is 0.227 e. The summed E-state index contributed by atoms with van der Waals surface area (Å²) in [4.78, 5) is 12.2. The summed E-state index contributed by atoms with van der Waals surface area (Å²) < 4.78 is 16.2. The molecule has 0 atom stereocenters. The topological polar surface area (TPSA) is 84.5 Å². The van der Waals surface area contributed by atoms with Crippen LogP contribution >= 0.6 is 0 Å². The van der Waals surface area contributed by atoms with Crippen LogP contribution < -0.4 is 14.8 Å². The van der Waals surface area contributed by atoms with Crippen molar-refractivity contribution in [2.24, 2.45) is 0 Å². The predicted molar refractivity (Wildman–Crippen MR) is 94.0 cm³/mol. The van der Waals surface area contributed by atoms with E-state index in [1.54, 1.807) is 21.0 Å². The van der Waals surface area contributed by atoms with E-state index in [4.69, 9.17) is 13.9 Å². The van der Waals surface area contributed by atoms with E-state index in [-0.39, 0.29) is 18.2 Å². The lowest BCUT2D eigenvalue weighted by Gasteiger charge is -2.11. The molecule has 0 unspecified atom stereocenters. The maximum absolute atomic E-state index is 12.2. The molecule has 1 aromatic carbocycles. The van der Waals surface area contributed by atoms with E-state index in [1.165, 1.54) is 0 Å². The van der Waals surface area contributed by atoms with Gasteiger partial charge >= 0.3 is 0 Å². The van der Waals surface area contributed by atoms with Crippen LogP contribution in [0.5, 0.6) is 11.5 Å². The van der Waals surface area contributed by atoms with E-state index in [1.807, 2.05) is 25.1 Å². The Hall–Kier alpha value is -2.94. The smallest absolute Gasteiger partial charge is 0.227 e. The minimum atomic E-state index is -0.210. The molecular formula is C19H22N2O4. The Morgan fingerprint density at radius 2 is 2.08 bits per heavy atom. The maximum atomic E-state index is 12.2. The largest absolute Gasteiger partial charge is 0.493 e. The number of amides is 1. The van der Waals surface area contributed by atoms with Crippen LogP contribution in [0.2, 0.25) is 0 Å². The summed E-state index contributed by atoms with van der Waals surface area (Å²) in [6, 6.07) is 7.66. The van der Waals surface area contributed by atoms with Crippen molar-refractivity contribution < 1.29 is 18.7 Å². The number of nitrogens with one attached hydrogen (secondary N) is 1. The average molecular weight is 342 g/mol. The zero-order valence-electron chi connectivity index (χ0n) is 14.9. The number of hydrogen-bond donors (Lipinski definition) is 1. The molecular weight excluding hydrogens is 320 g/mol. The standard InChI is InChI=1S/C19H22N2O4/c1-5-24-16-8-6-14(10-17(16)23-4)7-9-18(22)21-19-15(11-20)12(2)13(3)25-19/h6,8,10H,5,7,9H2,1-4H3,(H,21,22). The van der Waals surface area contributed by atoms with E-state index in [2.05, 4.69) is 11.4 Å². The second kappa shape index (κ2) is 8.25. The summed E-state index contributed by atoms with van der Waals surface area (Å²) in [6.45, 7) is 6.02. The fourth-order valence-corrected chi connectivity index (χ4v) is 2.44. The molecule has 0 aliphatic carbocycles. The number of carbonyl (C=O) groups is 1. The first-order valence-corrected chi connectivity index (χ1v) is 8.09. The Bertz CT molecular complexity index is 802. The normalized spacial score (nSPS) is 10.2. The molecule has 0 saturated carbocycles. The summed E-state index contributed by atoms with van der Waals surface area (Å²) in [5.74, 6) is 1.95. The van der Waals surface area contributed by atoms with Gasteiger partial charge in [-0.25, -0.2) is 0 Å². The number of methoxy groups -OCH3 is 1. The number of furan rings is 1. The molecule has 0 aliphatic heterocycles. The molecule has 2 rings (SSSR count). The van der Waals surface area contributed by atoms with Gasteiger partial charge in [-0.05, 0) is 44.9 Å². The van der Waals surface area contributed by atoms with Gasteiger partial charge in [-0.2, -0.15) is 5.26 Å². The lowest BCUT2D eigenvalue weighted by molar-refractivity contribution is -0.116. The van der Waals surface area contributed by atoms with Crippen molar-refractivity contribution in [2.45, 2.75) is 33.6 Å². The van der Waals surface area contributed by atoms with Gasteiger partial charge in [0.25, 0.3) is 0 Å². The van der Waals surface area contributed by atoms with Gasteiger partial charge in [0, 0.05) is 12.0 Å². The van der Waals surface area contributed by atoms with E-state index in [0.29, 0.717) is 35.9 Å². The molecule has 1 heterocycles. The number of aryl methyl sites for hydroxylation is 2. The first kappa shape index (κ1) is 18.4. The molecule has 25 heavy (non-hydrogen) atoms. The van der Waals surface area contributed by atoms with E-state index in [9.17, 15) is 10.1 Å². The molecule has 1 amide bonds. The van der Waals surface area contributed by atoms with Crippen LogP contribution in [-0.4, -0.2) is 19.6 Å². The Labute approximate surface area is 147 Å². The Morgan fingerprint density at radius 1 is 1.32 bits per heavy atom. The van der Waals surface area contributed by atoms with Gasteiger partial charge in [0.15, 0.2) is 11.5 Å². The monoisotopic (exact) mass is 342 g/mol. The fourth-order valence-electron chi connectivity index (χ4n) is 2.44. The molecule has 0 bridgehead atoms. The Kier molecular flexibility index (Phi) is 6.07. The highest BCUT2D eigenvalue weighted by Crippen LogP contribution is 2.29. The molecule has 2 aromatic rings. The third-order valence-corrected chi connectivity index (χ3v) is 3.92. The third-order valence-electron chi connectivity index (χ3n) is 3.92. The van der Waals surface area contributed by atoms with Crippen LogP contribution in [0.15, 0.2) is 22.6 Å². The van der Waals surface area contributed by atoms with Crippen molar-refractivity contribution in [2.75, 3.05) is 19.0 Å². The van der Waals surface area contributed by atoms with Gasteiger partial charge in [-0.3, -0.25) is 10.1 Å². The lowest BCUT2D eigenvalue weighted by atomic mass is 10.1. The third kappa shape index (κ3) is 4.32. The van der Waals surface area contributed by atoms with Crippen molar-refractivity contribution in [3.05, 3.63) is 40.6 Å². The molecule has 0 spiro atoms. The molecule has 1 aromatic heterocycles. The number of nitriles is 1. The van der Waals surface area contributed by atoms with Crippen LogP contribution in [-0.2, 0) is 11.2 Å². The quantitative estimate of drug-likeness (QED) is 0.828. The van der Waals surface area contributed by atoms with E-state index in [0.717, 1.165) is 11.1 Å². The zero-order valence-corrected chi connectivity index (χ0v) is 14.9. The van der Waals surface area contributed by atoms with Gasteiger partial charge in [-0.15, -0.1) is 0 Å². The summed E-state index contributed by atoms with van der Waals surface area (Å²) in [5.41, 5.74) is 2.07. The highest BCUT2D eigenvalue weighted by molar-refractivity contribution is 5.91. The van der Waals surface area contributed by atoms with Crippen LogP contribution in [0.25, 0.3) is 0 Å². The number of hydrogen-bond acceptors (Lipinski definition) is 5. The van der Waals surface area contributed by atoms with Crippen LogP contribution in [0.1, 0.15) is 35.8 Å². The van der Waals surface area contributed by atoms with Crippen molar-refractivity contribution >= 4 is 11.8 Å². The van der Waals surface area contributed by atoms with Gasteiger partial charge in [0.05, 0.1) is 13.7 Å². The molecule has 132 valence electrons. The highest BCUT2D eigenvalue weighted by atomic mass is 16.5. The van der Waals surface area contributed by atoms with Crippen molar-refractivity contribution in [3.8, 4) is 17.6 Å². The second-order valence-electron chi connectivity index (χ2n) is 5.57. The fraction of sp³-hybridized carbons (Fsp3) is 0.368. The molecule has 6 nitrogen and oxygen atoms in total. The van der Waals surface area contributed by atoms with Gasteiger partial charge in [0.2, 0.25) is 11.8 Å². The summed E-state index contributed by atoms with van der Waals surface area (Å²) in [6.07, 6.45) is 0.802. The molecule has 0 fully saturated rings. The van der Waals surface area contributed by atoms with Crippen LogP contribution in [0, 0.1) is 25.2 Å². The van der Waals surface area contributed by atoms with Crippen molar-refractivity contribution in [3.63, 3.8) is 0 Å². The SMILES string of the molecule is CCOc1ccc(CCC(=O)Nc2oc(C)c(C)c2C#N)cc1OC. The first-order chi connectivity index (χ1) is 12.0. The van der Waals surface area contributed by atoms with E-state index >= 15 is 0 Å². The van der Waals surface area contributed by atoms with E-state index < -0.39 is 0 Å². The predicted octanol–water partition coefficient (Wildman–Crippen LogP) is 3.75. The number of nitrogens with zero attached hydrogens (tertiary/aromatic N) is 1. The first-order valence-electron chi connectivity index (χ1n) is 8.09. The minimum Gasteiger partial charge on any atom is -0.493 e. The van der Waals surface area contributed by atoms with Gasteiger partial charge < -0.3 is 13.9 Å². The Balaban J connectivity index is 2.01. The summed E-state index contributed by atoms with van der Waals surface area (Å²) >= 11 is 0. The Morgan fingerprint density at radius 3 is 2.72 bits per heavy atom. The second-order valence-corrected chi connectivity index (χ2v) is 5.57. The zero-order chi connectivity index (χ0) is 18.4. The molecule has 1 N–H and O–H groups in total. The summed E-state index contributed by atoms with van der Waals surface area (Å²) in [5, 5.41) is 11.8. The van der Waals surface area contributed by atoms with Crippen molar-refractivity contribution in [1.29, 1.82) is 5.26 Å². The number of carbonyl (C=O) groups excluding carboxylic acids is 1. The number of benzene rings is 1. The van der Waals surface area contributed by atoms with Gasteiger partial charge in [-0.1, -0.05) is 6.07 Å². The molecule has 6 heteroatoms. The minimum absolute atomic E-state index is 0.210. The van der Waals surface area contributed by atoms with Crippen molar-refractivity contribution in [1.82, 2.24) is 0 Å². The molecule has 0 saturated heterocycles. The lowest BCUT2D eigenvalue weighted by Crippen LogP contribution is -2.12. The average Bonchev–Trinajstić information content (AvgIpc) is 2.87. The van der Waals surface area contributed by atoms with Gasteiger partial charge in [0.1, 0.15) is 17.4 Å². The highest BCUT2D eigenvalue weighted by Gasteiger charge is 2.16. The molecule has 0 aliphatic rings. The number of rotatable bonds is 7. The number of anilines is 1. The van der Waals surface area contributed by atoms with Crippen LogP contribution in [0.3, 0.4) is 0 Å².